The van der Waals surface area contributed by atoms with Crippen LogP contribution in [-0.4, -0.2) is 25.3 Å². The van der Waals surface area contributed by atoms with E-state index in [1.165, 1.54) is 0 Å². The highest BCUT2D eigenvalue weighted by molar-refractivity contribution is 5.55. The lowest BCUT2D eigenvalue weighted by Crippen LogP contribution is -2.30. The summed E-state index contributed by atoms with van der Waals surface area (Å²) in [6.07, 6.45) is 0. The van der Waals surface area contributed by atoms with Crippen molar-refractivity contribution < 1.29 is 4.74 Å². The van der Waals surface area contributed by atoms with E-state index in [9.17, 15) is 0 Å². The molecule has 0 aliphatic carbocycles. The van der Waals surface area contributed by atoms with Crippen LogP contribution in [0.1, 0.15) is 38.8 Å². The predicted molar refractivity (Wildman–Crippen MR) is 141 cm³/mol. The standard InChI is InChI=1S/C28H35N5O/c1-7-33(18-19-34-28(4,5)6)25-15-12-23(13-16-25)29-32-27-17-14-24(20-22(27)3)30-31-26-11-9-8-10-21(26)2/h8-17,20H,7,18-19H2,1-6H3/b31-30+,32-29+. The van der Waals surface area contributed by atoms with Crippen molar-refractivity contribution in [2.24, 2.45) is 20.5 Å². The lowest BCUT2D eigenvalue weighted by molar-refractivity contribution is 0.00142. The molecule has 3 aromatic rings. The Morgan fingerprint density at radius 2 is 1.35 bits per heavy atom. The molecule has 6 nitrogen and oxygen atoms in total. The van der Waals surface area contributed by atoms with Crippen molar-refractivity contribution in [2.45, 2.75) is 47.1 Å². The lowest BCUT2D eigenvalue weighted by atomic mass is 10.2. The fourth-order valence-electron chi connectivity index (χ4n) is 3.37. The summed E-state index contributed by atoms with van der Waals surface area (Å²) in [6, 6.07) is 21.9. The minimum atomic E-state index is -0.121. The zero-order valence-corrected chi connectivity index (χ0v) is 21.1. The van der Waals surface area contributed by atoms with E-state index in [1.54, 1.807) is 0 Å². The average molecular weight is 458 g/mol. The minimum absolute atomic E-state index is 0.121. The first-order valence-electron chi connectivity index (χ1n) is 11.7. The Kier molecular flexibility index (Phi) is 8.66. The molecule has 0 aliphatic rings. The van der Waals surface area contributed by atoms with Crippen LogP contribution in [-0.2, 0) is 4.74 Å². The predicted octanol–water partition coefficient (Wildman–Crippen LogP) is 8.78. The Labute approximate surface area is 203 Å². The van der Waals surface area contributed by atoms with Crippen molar-refractivity contribution in [3.05, 3.63) is 77.9 Å². The van der Waals surface area contributed by atoms with Crippen LogP contribution in [0, 0.1) is 13.8 Å². The maximum Gasteiger partial charge on any atom is 0.0887 e. The monoisotopic (exact) mass is 457 g/mol. The van der Waals surface area contributed by atoms with Crippen molar-refractivity contribution in [1.82, 2.24) is 0 Å². The Hall–Kier alpha value is -3.38. The van der Waals surface area contributed by atoms with Crippen LogP contribution in [0.3, 0.4) is 0 Å². The molecule has 0 atom stereocenters. The highest BCUT2D eigenvalue weighted by atomic mass is 16.5. The summed E-state index contributed by atoms with van der Waals surface area (Å²) in [4.78, 5) is 2.29. The molecule has 0 fully saturated rings. The molecule has 0 bridgehead atoms. The molecule has 0 saturated heterocycles. The van der Waals surface area contributed by atoms with Crippen LogP contribution in [0.5, 0.6) is 0 Å². The van der Waals surface area contributed by atoms with Gasteiger partial charge in [-0.1, -0.05) is 18.2 Å². The Bertz CT molecular complexity index is 1130. The van der Waals surface area contributed by atoms with Gasteiger partial charge in [0, 0.05) is 18.8 Å². The van der Waals surface area contributed by atoms with Crippen molar-refractivity contribution in [2.75, 3.05) is 24.6 Å². The SMILES string of the molecule is CCN(CCOC(C)(C)C)c1ccc(/N=N/c2ccc(/N=N/c3ccccc3C)cc2C)cc1. The molecule has 6 heteroatoms. The van der Waals surface area contributed by atoms with Crippen molar-refractivity contribution in [3.63, 3.8) is 0 Å². The molecule has 0 aliphatic heterocycles. The van der Waals surface area contributed by atoms with Gasteiger partial charge in [-0.2, -0.15) is 20.5 Å². The fraction of sp³-hybridized carbons (Fsp3) is 0.357. The van der Waals surface area contributed by atoms with Crippen LogP contribution in [0.4, 0.5) is 28.4 Å². The average Bonchev–Trinajstić information content (AvgIpc) is 2.80. The second-order valence-electron chi connectivity index (χ2n) is 9.21. The third-order valence-electron chi connectivity index (χ3n) is 5.34. The van der Waals surface area contributed by atoms with Crippen molar-refractivity contribution >= 4 is 28.4 Å². The molecule has 0 aromatic heterocycles. The van der Waals surface area contributed by atoms with Gasteiger partial charge in [0.25, 0.3) is 0 Å². The zero-order valence-electron chi connectivity index (χ0n) is 21.1. The Morgan fingerprint density at radius 1 is 0.735 bits per heavy atom. The van der Waals surface area contributed by atoms with E-state index < -0.39 is 0 Å². The van der Waals surface area contributed by atoms with Gasteiger partial charge in [-0.25, -0.2) is 0 Å². The largest absolute Gasteiger partial charge is 0.374 e. The first kappa shape index (κ1) is 25.2. The van der Waals surface area contributed by atoms with Gasteiger partial charge in [-0.15, -0.1) is 0 Å². The minimum Gasteiger partial charge on any atom is -0.374 e. The molecule has 0 amide bonds. The van der Waals surface area contributed by atoms with Crippen LogP contribution in [0.25, 0.3) is 0 Å². The number of nitrogens with zero attached hydrogens (tertiary/aromatic N) is 5. The van der Waals surface area contributed by atoms with E-state index in [0.717, 1.165) is 52.7 Å². The number of likely N-dealkylation sites (N-methyl/N-ethyl adjacent to an activating group) is 1. The van der Waals surface area contributed by atoms with Gasteiger partial charge in [0.1, 0.15) is 0 Å². The second-order valence-corrected chi connectivity index (χ2v) is 9.21. The molecule has 0 heterocycles. The maximum atomic E-state index is 5.87. The second kappa shape index (κ2) is 11.7. The smallest absolute Gasteiger partial charge is 0.0887 e. The molecule has 0 N–H and O–H groups in total. The lowest BCUT2D eigenvalue weighted by Gasteiger charge is -2.26. The molecular weight excluding hydrogens is 422 g/mol. The van der Waals surface area contributed by atoms with Crippen LogP contribution in [0.2, 0.25) is 0 Å². The molecule has 178 valence electrons. The van der Waals surface area contributed by atoms with Gasteiger partial charge in [0.05, 0.1) is 35.0 Å². The molecule has 34 heavy (non-hydrogen) atoms. The van der Waals surface area contributed by atoms with Crippen molar-refractivity contribution in [3.8, 4) is 0 Å². The van der Waals surface area contributed by atoms with Crippen molar-refractivity contribution in [1.29, 1.82) is 0 Å². The van der Waals surface area contributed by atoms with Gasteiger partial charge in [-0.3, -0.25) is 0 Å². The van der Waals surface area contributed by atoms with Gasteiger partial charge >= 0.3 is 0 Å². The summed E-state index contributed by atoms with van der Waals surface area (Å²) in [7, 11) is 0. The number of hydrogen-bond acceptors (Lipinski definition) is 6. The summed E-state index contributed by atoms with van der Waals surface area (Å²) < 4.78 is 5.87. The van der Waals surface area contributed by atoms with Gasteiger partial charge in [-0.05, 0) is 101 Å². The quantitative estimate of drug-likeness (QED) is 0.301. The van der Waals surface area contributed by atoms with E-state index in [2.05, 4.69) is 65.2 Å². The zero-order chi connectivity index (χ0) is 24.6. The first-order chi connectivity index (χ1) is 16.2. The molecular formula is C28H35N5O. The summed E-state index contributed by atoms with van der Waals surface area (Å²) >= 11 is 0. The number of benzene rings is 3. The highest BCUT2D eigenvalue weighted by Crippen LogP contribution is 2.28. The number of hydrogen-bond donors (Lipinski definition) is 0. The number of anilines is 1. The summed E-state index contributed by atoms with van der Waals surface area (Å²) in [5.41, 5.74) is 6.41. The maximum absolute atomic E-state index is 5.87. The van der Waals surface area contributed by atoms with Gasteiger partial charge in [0.2, 0.25) is 0 Å². The molecule has 0 unspecified atom stereocenters. The third kappa shape index (κ3) is 7.59. The highest BCUT2D eigenvalue weighted by Gasteiger charge is 2.11. The molecule has 0 saturated carbocycles. The van der Waals surface area contributed by atoms with E-state index in [0.29, 0.717) is 6.61 Å². The third-order valence-corrected chi connectivity index (χ3v) is 5.34. The molecule has 0 radical (unpaired) electrons. The first-order valence-corrected chi connectivity index (χ1v) is 11.7. The molecule has 3 aromatic carbocycles. The number of rotatable bonds is 9. The van der Waals surface area contributed by atoms with Crippen LogP contribution < -0.4 is 4.90 Å². The number of ether oxygens (including phenoxy) is 1. The van der Waals surface area contributed by atoms with E-state index in [-0.39, 0.29) is 5.60 Å². The molecule has 0 spiro atoms. The van der Waals surface area contributed by atoms with Gasteiger partial charge < -0.3 is 9.64 Å². The molecule has 3 rings (SSSR count). The number of aryl methyl sites for hydroxylation is 2. The van der Waals surface area contributed by atoms with E-state index in [1.807, 2.05) is 68.4 Å². The Morgan fingerprint density at radius 3 is 1.97 bits per heavy atom. The normalized spacial score (nSPS) is 12.1. The van der Waals surface area contributed by atoms with E-state index in [4.69, 9.17) is 4.74 Å². The summed E-state index contributed by atoms with van der Waals surface area (Å²) in [6.45, 7) is 14.9. The topological polar surface area (TPSA) is 61.9 Å². The summed E-state index contributed by atoms with van der Waals surface area (Å²) in [5.74, 6) is 0. The van der Waals surface area contributed by atoms with E-state index >= 15 is 0 Å². The Balaban J connectivity index is 1.63. The van der Waals surface area contributed by atoms with Crippen LogP contribution in [0.15, 0.2) is 87.2 Å². The fourth-order valence-corrected chi connectivity index (χ4v) is 3.37. The summed E-state index contributed by atoms with van der Waals surface area (Å²) in [5, 5.41) is 17.6. The van der Waals surface area contributed by atoms with Crippen LogP contribution >= 0.6 is 0 Å². The number of azo groups is 2. The van der Waals surface area contributed by atoms with Gasteiger partial charge in [0.15, 0.2) is 0 Å².